The van der Waals surface area contributed by atoms with Gasteiger partial charge in [-0.05, 0) is 44.4 Å². The van der Waals surface area contributed by atoms with Crippen LogP contribution in [0, 0.1) is 5.92 Å². The van der Waals surface area contributed by atoms with Gasteiger partial charge in [0.15, 0.2) is 0 Å². The molecule has 4 heteroatoms. The number of aliphatic hydroxyl groups is 1. The quantitative estimate of drug-likeness (QED) is 0.818. The lowest BCUT2D eigenvalue weighted by Crippen LogP contribution is -2.51. The fourth-order valence-electron chi connectivity index (χ4n) is 3.56. The zero-order valence-corrected chi connectivity index (χ0v) is 13.0. The lowest BCUT2D eigenvalue weighted by Gasteiger charge is -2.35. The Hall–Kier alpha value is -0.770. The normalized spacial score (nSPS) is 32.0. The smallest absolute Gasteiger partial charge is 0.317 e. The highest BCUT2D eigenvalue weighted by Crippen LogP contribution is 2.24. The van der Waals surface area contributed by atoms with Crippen molar-refractivity contribution in [2.45, 2.75) is 83.4 Å². The maximum Gasteiger partial charge on any atom is 0.317 e. The summed E-state index contributed by atoms with van der Waals surface area (Å²) in [6, 6.07) is 0.751. The van der Waals surface area contributed by atoms with Crippen molar-refractivity contribution >= 4 is 6.03 Å². The Labute approximate surface area is 122 Å². The molecule has 1 saturated carbocycles. The number of nitrogens with zero attached hydrogens (tertiary/aromatic N) is 1. The predicted octanol–water partition coefficient (Wildman–Crippen LogP) is 2.90. The van der Waals surface area contributed by atoms with Gasteiger partial charge in [0.25, 0.3) is 0 Å². The van der Waals surface area contributed by atoms with Crippen LogP contribution in [0.25, 0.3) is 0 Å². The van der Waals surface area contributed by atoms with Gasteiger partial charge in [0.2, 0.25) is 0 Å². The number of nitrogens with one attached hydrogen (secondary N) is 1. The third-order valence-electron chi connectivity index (χ3n) is 4.85. The summed E-state index contributed by atoms with van der Waals surface area (Å²) < 4.78 is 0. The molecule has 2 aliphatic rings. The Balaban J connectivity index is 1.91. The second kappa shape index (κ2) is 7.30. The van der Waals surface area contributed by atoms with Crippen LogP contribution < -0.4 is 5.32 Å². The monoisotopic (exact) mass is 282 g/mol. The minimum Gasteiger partial charge on any atom is -0.393 e. The molecule has 0 aromatic rings. The van der Waals surface area contributed by atoms with E-state index in [2.05, 4.69) is 24.1 Å². The molecule has 1 aliphatic carbocycles. The predicted molar refractivity (Wildman–Crippen MR) is 80.6 cm³/mol. The van der Waals surface area contributed by atoms with Crippen molar-refractivity contribution in [2.75, 3.05) is 6.54 Å². The van der Waals surface area contributed by atoms with Crippen LogP contribution in [-0.2, 0) is 0 Å². The average molecular weight is 282 g/mol. The molecular formula is C16H30N2O2. The summed E-state index contributed by atoms with van der Waals surface area (Å²) in [6.45, 7) is 5.32. The fraction of sp³-hybridized carbons (Fsp3) is 0.938. The molecule has 1 atom stereocenters. The number of urea groups is 1. The number of rotatable bonds is 2. The molecule has 2 rings (SSSR count). The molecule has 1 heterocycles. The molecule has 1 unspecified atom stereocenters. The van der Waals surface area contributed by atoms with Crippen molar-refractivity contribution in [2.24, 2.45) is 5.92 Å². The second-order valence-corrected chi connectivity index (χ2v) is 6.81. The summed E-state index contributed by atoms with van der Waals surface area (Å²) in [7, 11) is 0. The maximum atomic E-state index is 12.6. The lowest BCUT2D eigenvalue weighted by molar-refractivity contribution is 0.111. The number of aliphatic hydroxyl groups excluding tert-OH is 1. The van der Waals surface area contributed by atoms with Crippen LogP contribution >= 0.6 is 0 Å². The SMILES string of the molecule is CC(C)C1CCCCCN1C(=O)NC1CCC(O)CC1. The molecule has 20 heavy (non-hydrogen) atoms. The third-order valence-corrected chi connectivity index (χ3v) is 4.85. The third kappa shape index (κ3) is 4.11. The highest BCUT2D eigenvalue weighted by Gasteiger charge is 2.29. The van der Waals surface area contributed by atoms with Gasteiger partial charge in [-0.2, -0.15) is 0 Å². The molecule has 0 bridgehead atoms. The molecule has 0 spiro atoms. The molecule has 1 aliphatic heterocycles. The van der Waals surface area contributed by atoms with Gasteiger partial charge in [-0.15, -0.1) is 0 Å². The number of carbonyl (C=O) groups is 1. The first-order chi connectivity index (χ1) is 9.58. The zero-order chi connectivity index (χ0) is 14.5. The van der Waals surface area contributed by atoms with Gasteiger partial charge in [-0.25, -0.2) is 4.79 Å². The first-order valence-electron chi connectivity index (χ1n) is 8.33. The van der Waals surface area contributed by atoms with E-state index in [-0.39, 0.29) is 18.2 Å². The van der Waals surface area contributed by atoms with E-state index in [1.165, 1.54) is 12.8 Å². The Morgan fingerprint density at radius 1 is 1.10 bits per heavy atom. The van der Waals surface area contributed by atoms with E-state index in [1.807, 2.05) is 0 Å². The van der Waals surface area contributed by atoms with E-state index in [0.717, 1.165) is 45.1 Å². The van der Waals surface area contributed by atoms with E-state index in [4.69, 9.17) is 0 Å². The Kier molecular flexibility index (Phi) is 5.70. The number of hydrogen-bond acceptors (Lipinski definition) is 2. The summed E-state index contributed by atoms with van der Waals surface area (Å²) in [5, 5.41) is 12.7. The Morgan fingerprint density at radius 3 is 2.45 bits per heavy atom. The van der Waals surface area contributed by atoms with Crippen molar-refractivity contribution in [3.05, 3.63) is 0 Å². The first kappa shape index (κ1) is 15.6. The number of carbonyl (C=O) groups excluding carboxylic acids is 1. The van der Waals surface area contributed by atoms with Gasteiger partial charge in [-0.1, -0.05) is 26.7 Å². The molecule has 0 aromatic carbocycles. The average Bonchev–Trinajstić information content (AvgIpc) is 2.67. The van der Waals surface area contributed by atoms with Gasteiger partial charge in [0, 0.05) is 18.6 Å². The zero-order valence-electron chi connectivity index (χ0n) is 13.0. The first-order valence-corrected chi connectivity index (χ1v) is 8.33. The van der Waals surface area contributed by atoms with Crippen LogP contribution in [-0.4, -0.2) is 40.8 Å². The molecule has 116 valence electrons. The summed E-state index contributed by atoms with van der Waals surface area (Å²) in [5.41, 5.74) is 0. The summed E-state index contributed by atoms with van der Waals surface area (Å²) in [4.78, 5) is 14.6. The van der Waals surface area contributed by atoms with E-state index in [9.17, 15) is 9.90 Å². The van der Waals surface area contributed by atoms with Gasteiger partial charge in [0.1, 0.15) is 0 Å². The molecule has 2 amide bonds. The topological polar surface area (TPSA) is 52.6 Å². The van der Waals surface area contributed by atoms with Crippen molar-refractivity contribution in [3.8, 4) is 0 Å². The summed E-state index contributed by atoms with van der Waals surface area (Å²) in [6.07, 6.45) is 8.03. The molecule has 0 aromatic heterocycles. The standard InChI is InChI=1S/C16H30N2O2/c1-12(2)15-6-4-3-5-11-18(15)16(20)17-13-7-9-14(19)10-8-13/h12-15,19H,3-11H2,1-2H3,(H,17,20). The fourth-order valence-corrected chi connectivity index (χ4v) is 3.56. The van der Waals surface area contributed by atoms with Crippen molar-refractivity contribution in [1.82, 2.24) is 10.2 Å². The van der Waals surface area contributed by atoms with Crippen LogP contribution in [0.4, 0.5) is 4.79 Å². The molecule has 0 radical (unpaired) electrons. The van der Waals surface area contributed by atoms with Crippen LogP contribution in [0.15, 0.2) is 0 Å². The highest BCUT2D eigenvalue weighted by atomic mass is 16.3. The minimum atomic E-state index is -0.162. The van der Waals surface area contributed by atoms with E-state index >= 15 is 0 Å². The van der Waals surface area contributed by atoms with Gasteiger partial charge in [0.05, 0.1) is 6.10 Å². The van der Waals surface area contributed by atoms with Crippen molar-refractivity contribution in [1.29, 1.82) is 0 Å². The number of hydrogen-bond donors (Lipinski definition) is 2. The van der Waals surface area contributed by atoms with Crippen molar-refractivity contribution < 1.29 is 9.90 Å². The van der Waals surface area contributed by atoms with Crippen LogP contribution in [0.2, 0.25) is 0 Å². The van der Waals surface area contributed by atoms with E-state index in [0.29, 0.717) is 12.0 Å². The van der Waals surface area contributed by atoms with Crippen LogP contribution in [0.3, 0.4) is 0 Å². The van der Waals surface area contributed by atoms with Gasteiger partial charge < -0.3 is 15.3 Å². The maximum absolute atomic E-state index is 12.6. The molecule has 2 N–H and O–H groups in total. The van der Waals surface area contributed by atoms with Crippen LogP contribution in [0.5, 0.6) is 0 Å². The van der Waals surface area contributed by atoms with E-state index in [1.54, 1.807) is 0 Å². The number of amides is 2. The largest absolute Gasteiger partial charge is 0.393 e. The minimum absolute atomic E-state index is 0.118. The summed E-state index contributed by atoms with van der Waals surface area (Å²) in [5.74, 6) is 0.520. The van der Waals surface area contributed by atoms with E-state index < -0.39 is 0 Å². The molecule has 4 nitrogen and oxygen atoms in total. The number of likely N-dealkylation sites (tertiary alicyclic amines) is 1. The van der Waals surface area contributed by atoms with Crippen LogP contribution in [0.1, 0.15) is 65.2 Å². The Morgan fingerprint density at radius 2 is 1.80 bits per heavy atom. The lowest BCUT2D eigenvalue weighted by atomic mass is 9.93. The molecular weight excluding hydrogens is 252 g/mol. The van der Waals surface area contributed by atoms with Gasteiger partial charge in [-0.3, -0.25) is 0 Å². The second-order valence-electron chi connectivity index (χ2n) is 6.81. The van der Waals surface area contributed by atoms with Crippen molar-refractivity contribution in [3.63, 3.8) is 0 Å². The highest BCUT2D eigenvalue weighted by molar-refractivity contribution is 5.75. The molecule has 1 saturated heterocycles. The van der Waals surface area contributed by atoms with Gasteiger partial charge >= 0.3 is 6.03 Å². The Bertz CT molecular complexity index is 312. The summed E-state index contributed by atoms with van der Waals surface area (Å²) >= 11 is 0. The molecule has 2 fully saturated rings.